The molecule has 0 heterocycles. The number of carbonyl (C=O) groups is 2. The Bertz CT molecular complexity index is 431. The van der Waals surface area contributed by atoms with Crippen LogP contribution in [0, 0.1) is 0 Å². The van der Waals surface area contributed by atoms with Gasteiger partial charge in [-0.05, 0) is 24.1 Å². The van der Waals surface area contributed by atoms with Crippen molar-refractivity contribution in [2.24, 2.45) is 0 Å². The normalized spacial score (nSPS) is 9.70. The third-order valence-electron chi connectivity index (χ3n) is 2.55. The van der Waals surface area contributed by atoms with E-state index in [0.717, 1.165) is 12.8 Å². The van der Waals surface area contributed by atoms with Crippen LogP contribution >= 0.6 is 0 Å². The first-order chi connectivity index (χ1) is 9.65. The van der Waals surface area contributed by atoms with Crippen molar-refractivity contribution in [3.8, 4) is 5.75 Å². The van der Waals surface area contributed by atoms with E-state index in [1.165, 1.54) is 12.7 Å². The van der Waals surface area contributed by atoms with E-state index in [9.17, 15) is 9.59 Å². The van der Waals surface area contributed by atoms with Gasteiger partial charge < -0.3 is 20.1 Å². The Morgan fingerprint density at radius 1 is 1.15 bits per heavy atom. The van der Waals surface area contributed by atoms with Gasteiger partial charge in [-0.2, -0.15) is 0 Å². The highest BCUT2D eigenvalue weighted by atomic mass is 16.5. The number of hydrogen-bond acceptors (Lipinski definition) is 4. The molecule has 0 aliphatic carbocycles. The van der Waals surface area contributed by atoms with E-state index in [-0.39, 0.29) is 13.3 Å². The molecule has 0 unspecified atom stereocenters. The van der Waals surface area contributed by atoms with Gasteiger partial charge in [0.25, 0.3) is 0 Å². The number of methoxy groups -OCH3 is 1. The van der Waals surface area contributed by atoms with Crippen LogP contribution in [0.15, 0.2) is 24.3 Å². The first-order valence-corrected chi connectivity index (χ1v) is 6.46. The number of nitrogens with one attached hydrogen (secondary N) is 2. The number of rotatable bonds is 7. The molecule has 0 aliphatic rings. The van der Waals surface area contributed by atoms with Crippen LogP contribution in [0.25, 0.3) is 0 Å². The maximum atomic E-state index is 11.3. The molecular weight excluding hydrogens is 260 g/mol. The largest absolute Gasteiger partial charge is 0.473 e. The first-order valence-electron chi connectivity index (χ1n) is 6.46. The maximum absolute atomic E-state index is 11.3. The highest BCUT2D eigenvalue weighted by molar-refractivity contribution is 5.80. The molecular formula is C14H20N2O4. The van der Waals surface area contributed by atoms with Gasteiger partial charge in [-0.1, -0.05) is 25.5 Å². The number of ether oxygens (including phenoxy) is 2. The highest BCUT2D eigenvalue weighted by Crippen LogP contribution is 2.12. The van der Waals surface area contributed by atoms with Crippen LogP contribution in [0.5, 0.6) is 5.75 Å². The number of urea groups is 1. The standard InChI is InChI=1S/C14H20N2O4/c1-3-4-11-5-7-12(8-6-11)20-10-16-14(18)15-9-13(17)19-2/h5-8H,3-4,9-10H2,1-2H3,(H2,15,16,18). The molecule has 0 radical (unpaired) electrons. The number of esters is 1. The molecule has 0 spiro atoms. The zero-order valence-corrected chi connectivity index (χ0v) is 11.8. The van der Waals surface area contributed by atoms with Crippen molar-refractivity contribution in [3.63, 3.8) is 0 Å². The fourth-order valence-electron chi connectivity index (χ4n) is 1.51. The summed E-state index contributed by atoms with van der Waals surface area (Å²) >= 11 is 0. The topological polar surface area (TPSA) is 76.7 Å². The van der Waals surface area contributed by atoms with Crippen molar-refractivity contribution < 1.29 is 19.1 Å². The van der Waals surface area contributed by atoms with Gasteiger partial charge >= 0.3 is 12.0 Å². The quantitative estimate of drug-likeness (QED) is 0.585. The van der Waals surface area contributed by atoms with Crippen molar-refractivity contribution >= 4 is 12.0 Å². The van der Waals surface area contributed by atoms with Gasteiger partial charge in [0.2, 0.25) is 0 Å². The van der Waals surface area contributed by atoms with Crippen LogP contribution < -0.4 is 15.4 Å². The minimum Gasteiger partial charge on any atom is -0.473 e. The lowest BCUT2D eigenvalue weighted by molar-refractivity contribution is -0.139. The van der Waals surface area contributed by atoms with E-state index in [1.54, 1.807) is 0 Å². The molecule has 0 atom stereocenters. The Hall–Kier alpha value is -2.24. The lowest BCUT2D eigenvalue weighted by Gasteiger charge is -2.09. The minimum atomic E-state index is -0.507. The van der Waals surface area contributed by atoms with Crippen molar-refractivity contribution in [2.75, 3.05) is 20.4 Å². The highest BCUT2D eigenvalue weighted by Gasteiger charge is 2.04. The van der Waals surface area contributed by atoms with Crippen LogP contribution in [0.3, 0.4) is 0 Å². The summed E-state index contributed by atoms with van der Waals surface area (Å²) in [4.78, 5) is 22.1. The van der Waals surface area contributed by atoms with E-state index in [1.807, 2.05) is 24.3 Å². The van der Waals surface area contributed by atoms with Gasteiger partial charge in [-0.15, -0.1) is 0 Å². The smallest absolute Gasteiger partial charge is 0.325 e. The summed E-state index contributed by atoms with van der Waals surface area (Å²) < 4.78 is 9.75. The number of hydrogen-bond donors (Lipinski definition) is 2. The van der Waals surface area contributed by atoms with Crippen LogP contribution in [-0.4, -0.2) is 32.4 Å². The van der Waals surface area contributed by atoms with Crippen LogP contribution in [0.1, 0.15) is 18.9 Å². The summed E-state index contributed by atoms with van der Waals surface area (Å²) in [6.45, 7) is 1.98. The average Bonchev–Trinajstić information content (AvgIpc) is 2.47. The molecule has 1 aromatic carbocycles. The molecule has 6 nitrogen and oxygen atoms in total. The summed E-state index contributed by atoms with van der Waals surface area (Å²) in [6.07, 6.45) is 2.14. The molecule has 2 N–H and O–H groups in total. The van der Waals surface area contributed by atoms with Crippen LogP contribution in [-0.2, 0) is 16.0 Å². The summed E-state index contributed by atoms with van der Waals surface area (Å²) in [5.74, 6) is 0.172. The monoisotopic (exact) mass is 280 g/mol. The van der Waals surface area contributed by atoms with E-state index in [4.69, 9.17) is 4.74 Å². The first kappa shape index (κ1) is 15.8. The Kier molecular flexibility index (Phi) is 6.95. The van der Waals surface area contributed by atoms with Crippen molar-refractivity contribution in [3.05, 3.63) is 29.8 Å². The summed E-state index contributed by atoms with van der Waals surface area (Å²) in [7, 11) is 1.26. The van der Waals surface area contributed by atoms with E-state index in [0.29, 0.717) is 5.75 Å². The molecule has 6 heteroatoms. The van der Waals surface area contributed by atoms with E-state index in [2.05, 4.69) is 22.3 Å². The fourth-order valence-corrected chi connectivity index (χ4v) is 1.51. The SMILES string of the molecule is CCCc1ccc(OCNC(=O)NCC(=O)OC)cc1. The van der Waals surface area contributed by atoms with Crippen molar-refractivity contribution in [1.29, 1.82) is 0 Å². The van der Waals surface area contributed by atoms with Gasteiger partial charge in [-0.3, -0.25) is 4.79 Å². The lowest BCUT2D eigenvalue weighted by atomic mass is 10.1. The molecule has 0 fully saturated rings. The van der Waals surface area contributed by atoms with Gasteiger partial charge in [0, 0.05) is 0 Å². The third kappa shape index (κ3) is 6.08. The Morgan fingerprint density at radius 3 is 2.45 bits per heavy atom. The second-order valence-electron chi connectivity index (χ2n) is 4.12. The number of carbonyl (C=O) groups excluding carboxylic acids is 2. The molecule has 0 saturated carbocycles. The third-order valence-corrected chi connectivity index (χ3v) is 2.55. The molecule has 1 aromatic rings. The number of amides is 2. The molecule has 0 aromatic heterocycles. The van der Waals surface area contributed by atoms with Crippen LogP contribution in [0.2, 0.25) is 0 Å². The van der Waals surface area contributed by atoms with Gasteiger partial charge in [0.1, 0.15) is 12.3 Å². The zero-order valence-electron chi connectivity index (χ0n) is 11.8. The minimum absolute atomic E-state index is 0.0279. The Balaban J connectivity index is 2.23. The predicted molar refractivity (Wildman–Crippen MR) is 74.5 cm³/mol. The molecule has 2 amide bonds. The summed E-state index contributed by atoms with van der Waals surface area (Å²) in [5.41, 5.74) is 1.25. The average molecular weight is 280 g/mol. The zero-order chi connectivity index (χ0) is 14.8. The molecule has 20 heavy (non-hydrogen) atoms. The summed E-state index contributed by atoms with van der Waals surface area (Å²) in [6, 6.07) is 7.22. The van der Waals surface area contributed by atoms with Gasteiger partial charge in [0.15, 0.2) is 6.73 Å². The molecule has 0 saturated heterocycles. The van der Waals surface area contributed by atoms with Gasteiger partial charge in [0.05, 0.1) is 7.11 Å². The second kappa shape index (κ2) is 8.79. The van der Waals surface area contributed by atoms with Crippen molar-refractivity contribution in [1.82, 2.24) is 10.6 Å². The molecule has 1 rings (SSSR count). The summed E-state index contributed by atoms with van der Waals surface area (Å²) in [5, 5.41) is 4.81. The molecule has 0 aliphatic heterocycles. The number of aryl methyl sites for hydroxylation is 1. The molecule has 110 valence electrons. The Labute approximate surface area is 118 Å². The van der Waals surface area contributed by atoms with Gasteiger partial charge in [-0.25, -0.2) is 4.79 Å². The van der Waals surface area contributed by atoms with Crippen LogP contribution in [0.4, 0.5) is 4.79 Å². The second-order valence-corrected chi connectivity index (χ2v) is 4.12. The van der Waals surface area contributed by atoms with E-state index < -0.39 is 12.0 Å². The van der Waals surface area contributed by atoms with Crippen molar-refractivity contribution in [2.45, 2.75) is 19.8 Å². The number of benzene rings is 1. The van der Waals surface area contributed by atoms with E-state index >= 15 is 0 Å². The molecule has 0 bridgehead atoms. The Morgan fingerprint density at radius 2 is 1.85 bits per heavy atom. The maximum Gasteiger partial charge on any atom is 0.325 e. The predicted octanol–water partition coefficient (Wildman–Crippen LogP) is 1.45. The fraction of sp³-hybridized carbons (Fsp3) is 0.429. The lowest BCUT2D eigenvalue weighted by Crippen LogP contribution is -2.40.